The number of carbonyl (C=O) groups excluding carboxylic acids is 2. The van der Waals surface area contributed by atoms with Crippen molar-refractivity contribution in [3.05, 3.63) is 35.9 Å². The summed E-state index contributed by atoms with van der Waals surface area (Å²) in [4.78, 5) is 22.5. The highest BCUT2D eigenvalue weighted by Gasteiger charge is 2.12. The van der Waals surface area contributed by atoms with Crippen molar-refractivity contribution in [1.29, 1.82) is 0 Å². The van der Waals surface area contributed by atoms with E-state index in [2.05, 4.69) is 4.74 Å². The number of benzene rings is 1. The molecule has 1 aromatic carbocycles. The third-order valence-electron chi connectivity index (χ3n) is 2.73. The zero-order valence-corrected chi connectivity index (χ0v) is 11.4. The minimum absolute atomic E-state index is 0.112. The number of ether oxygens (including phenoxy) is 2. The third-order valence-corrected chi connectivity index (χ3v) is 2.73. The molecule has 0 saturated carbocycles. The lowest BCUT2D eigenvalue weighted by Crippen LogP contribution is -2.16. The van der Waals surface area contributed by atoms with Gasteiger partial charge in [-0.05, 0) is 30.2 Å². The molecule has 0 N–H and O–H groups in total. The van der Waals surface area contributed by atoms with Crippen molar-refractivity contribution in [3.63, 3.8) is 0 Å². The molecule has 0 bridgehead atoms. The maximum Gasteiger partial charge on any atom is 0.330 e. The van der Waals surface area contributed by atoms with E-state index >= 15 is 0 Å². The van der Waals surface area contributed by atoms with Gasteiger partial charge in [-0.2, -0.15) is 0 Å². The van der Waals surface area contributed by atoms with Gasteiger partial charge >= 0.3 is 11.9 Å². The summed E-state index contributed by atoms with van der Waals surface area (Å²) in [7, 11) is 1.32. The number of esters is 2. The number of methoxy groups -OCH3 is 1. The molecule has 4 heteroatoms. The SMILES string of the molecule is CCC(C)C(=O)Oc1ccc(/C=C/C(=O)OC)cc1. The maximum absolute atomic E-state index is 11.6. The smallest absolute Gasteiger partial charge is 0.330 e. The summed E-state index contributed by atoms with van der Waals surface area (Å²) in [6.07, 6.45) is 3.71. The predicted octanol–water partition coefficient (Wildman–Crippen LogP) is 2.82. The van der Waals surface area contributed by atoms with Gasteiger partial charge in [0, 0.05) is 6.08 Å². The lowest BCUT2D eigenvalue weighted by molar-refractivity contribution is -0.138. The monoisotopic (exact) mass is 262 g/mol. The summed E-state index contributed by atoms with van der Waals surface area (Å²) < 4.78 is 9.71. The van der Waals surface area contributed by atoms with Crippen molar-refractivity contribution in [2.24, 2.45) is 5.92 Å². The van der Waals surface area contributed by atoms with E-state index in [4.69, 9.17) is 4.74 Å². The molecule has 0 aliphatic carbocycles. The van der Waals surface area contributed by atoms with Crippen LogP contribution in [0.5, 0.6) is 5.75 Å². The van der Waals surface area contributed by atoms with E-state index in [9.17, 15) is 9.59 Å². The molecule has 19 heavy (non-hydrogen) atoms. The lowest BCUT2D eigenvalue weighted by atomic mass is 10.1. The quantitative estimate of drug-likeness (QED) is 0.465. The molecule has 1 unspecified atom stereocenters. The van der Waals surface area contributed by atoms with Crippen LogP contribution in [0.2, 0.25) is 0 Å². The number of hydrogen-bond acceptors (Lipinski definition) is 4. The van der Waals surface area contributed by atoms with Crippen LogP contribution in [0.1, 0.15) is 25.8 Å². The highest BCUT2D eigenvalue weighted by atomic mass is 16.5. The van der Waals surface area contributed by atoms with Gasteiger partial charge in [0.1, 0.15) is 5.75 Å². The van der Waals surface area contributed by atoms with Crippen molar-refractivity contribution in [2.45, 2.75) is 20.3 Å². The van der Waals surface area contributed by atoms with E-state index in [1.165, 1.54) is 13.2 Å². The van der Waals surface area contributed by atoms with Crippen LogP contribution in [0.3, 0.4) is 0 Å². The van der Waals surface area contributed by atoms with E-state index < -0.39 is 5.97 Å². The Morgan fingerprint density at radius 2 is 1.89 bits per heavy atom. The Kier molecular flexibility index (Phi) is 5.79. The first kappa shape index (κ1) is 15.0. The second kappa shape index (κ2) is 7.36. The first-order valence-electron chi connectivity index (χ1n) is 6.14. The fourth-order valence-electron chi connectivity index (χ4n) is 1.26. The first-order valence-corrected chi connectivity index (χ1v) is 6.14. The molecular formula is C15H18O4. The minimum atomic E-state index is -0.410. The highest BCUT2D eigenvalue weighted by Crippen LogP contribution is 2.15. The molecule has 0 amide bonds. The lowest BCUT2D eigenvalue weighted by Gasteiger charge is -2.08. The zero-order chi connectivity index (χ0) is 14.3. The Morgan fingerprint density at radius 1 is 1.26 bits per heavy atom. The summed E-state index contributed by atoms with van der Waals surface area (Å²) in [5.41, 5.74) is 0.828. The minimum Gasteiger partial charge on any atom is -0.466 e. The second-order valence-electron chi connectivity index (χ2n) is 4.16. The number of hydrogen-bond donors (Lipinski definition) is 0. The molecule has 1 rings (SSSR count). The topological polar surface area (TPSA) is 52.6 Å². The van der Waals surface area contributed by atoms with E-state index in [1.807, 2.05) is 13.8 Å². The van der Waals surface area contributed by atoms with Crippen LogP contribution in [-0.4, -0.2) is 19.0 Å². The van der Waals surface area contributed by atoms with Crippen LogP contribution in [-0.2, 0) is 14.3 Å². The van der Waals surface area contributed by atoms with E-state index in [-0.39, 0.29) is 11.9 Å². The summed E-state index contributed by atoms with van der Waals surface area (Å²) >= 11 is 0. The summed E-state index contributed by atoms with van der Waals surface area (Å²) in [5.74, 6) is -0.257. The normalized spacial score (nSPS) is 12.2. The fourth-order valence-corrected chi connectivity index (χ4v) is 1.26. The first-order chi connectivity index (χ1) is 9.06. The molecule has 0 fully saturated rings. The molecule has 102 valence electrons. The Labute approximate surface area is 113 Å². The van der Waals surface area contributed by atoms with Gasteiger partial charge in [-0.3, -0.25) is 4.79 Å². The molecule has 0 spiro atoms. The van der Waals surface area contributed by atoms with Gasteiger partial charge in [0.25, 0.3) is 0 Å². The summed E-state index contributed by atoms with van der Waals surface area (Å²) in [6.45, 7) is 3.77. The average molecular weight is 262 g/mol. The molecule has 0 saturated heterocycles. The van der Waals surface area contributed by atoms with Crippen LogP contribution < -0.4 is 4.74 Å². The standard InChI is InChI=1S/C15H18O4/c1-4-11(2)15(17)19-13-8-5-12(6-9-13)7-10-14(16)18-3/h5-11H,4H2,1-3H3/b10-7+. The third kappa shape index (κ3) is 4.95. The van der Waals surface area contributed by atoms with Gasteiger partial charge in [-0.1, -0.05) is 26.0 Å². The molecular weight excluding hydrogens is 244 g/mol. The average Bonchev–Trinajstić information content (AvgIpc) is 2.45. The van der Waals surface area contributed by atoms with Crippen molar-refractivity contribution < 1.29 is 19.1 Å². The van der Waals surface area contributed by atoms with Gasteiger partial charge < -0.3 is 9.47 Å². The molecule has 0 radical (unpaired) electrons. The predicted molar refractivity (Wildman–Crippen MR) is 72.6 cm³/mol. The Balaban J connectivity index is 2.64. The van der Waals surface area contributed by atoms with Crippen molar-refractivity contribution in [1.82, 2.24) is 0 Å². The molecule has 1 aromatic rings. The maximum atomic E-state index is 11.6. The summed E-state index contributed by atoms with van der Waals surface area (Å²) in [5, 5.41) is 0. The Hall–Kier alpha value is -2.10. The number of carbonyl (C=O) groups is 2. The van der Waals surface area contributed by atoms with E-state index in [0.717, 1.165) is 12.0 Å². The summed E-state index contributed by atoms with van der Waals surface area (Å²) in [6, 6.07) is 6.91. The molecule has 0 aromatic heterocycles. The largest absolute Gasteiger partial charge is 0.466 e. The van der Waals surface area contributed by atoms with Crippen molar-refractivity contribution in [3.8, 4) is 5.75 Å². The van der Waals surface area contributed by atoms with Crippen molar-refractivity contribution >= 4 is 18.0 Å². The van der Waals surface area contributed by atoms with Crippen LogP contribution in [0.15, 0.2) is 30.3 Å². The van der Waals surface area contributed by atoms with E-state index in [0.29, 0.717) is 5.75 Å². The van der Waals surface area contributed by atoms with E-state index in [1.54, 1.807) is 30.3 Å². The van der Waals surface area contributed by atoms with Crippen LogP contribution in [0, 0.1) is 5.92 Å². The number of rotatable bonds is 5. The molecule has 4 nitrogen and oxygen atoms in total. The second-order valence-corrected chi connectivity index (χ2v) is 4.16. The van der Waals surface area contributed by atoms with Gasteiger partial charge in [0.2, 0.25) is 0 Å². The molecule has 1 atom stereocenters. The molecule has 0 heterocycles. The van der Waals surface area contributed by atoms with Crippen LogP contribution in [0.4, 0.5) is 0 Å². The van der Waals surface area contributed by atoms with Crippen LogP contribution in [0.25, 0.3) is 6.08 Å². The fraction of sp³-hybridized carbons (Fsp3) is 0.333. The van der Waals surface area contributed by atoms with Crippen LogP contribution >= 0.6 is 0 Å². The van der Waals surface area contributed by atoms with Crippen molar-refractivity contribution in [2.75, 3.05) is 7.11 Å². The Bertz CT molecular complexity index is 460. The molecule has 0 aliphatic heterocycles. The zero-order valence-electron chi connectivity index (χ0n) is 11.4. The van der Waals surface area contributed by atoms with Gasteiger partial charge in [-0.25, -0.2) is 4.79 Å². The Morgan fingerprint density at radius 3 is 2.42 bits per heavy atom. The van der Waals surface area contributed by atoms with Gasteiger partial charge in [-0.15, -0.1) is 0 Å². The molecule has 0 aliphatic rings. The van der Waals surface area contributed by atoms with Gasteiger partial charge in [0.15, 0.2) is 0 Å². The highest BCUT2D eigenvalue weighted by molar-refractivity contribution is 5.86. The van der Waals surface area contributed by atoms with Gasteiger partial charge in [0.05, 0.1) is 13.0 Å².